The Balaban J connectivity index is 2.22. The van der Waals surface area contributed by atoms with Gasteiger partial charge in [0.15, 0.2) is 0 Å². The Morgan fingerprint density at radius 2 is 1.79 bits per heavy atom. The van der Waals surface area contributed by atoms with Crippen molar-refractivity contribution in [3.8, 4) is 11.5 Å². The molecular weight excluding hydrogens is 316 g/mol. The molecule has 1 aromatic rings. The van der Waals surface area contributed by atoms with Crippen molar-refractivity contribution in [2.75, 3.05) is 6.61 Å². The van der Waals surface area contributed by atoms with E-state index in [2.05, 4.69) is 6.58 Å². The van der Waals surface area contributed by atoms with E-state index in [9.17, 15) is 14.4 Å². The molecule has 0 radical (unpaired) electrons. The molecule has 24 heavy (non-hydrogen) atoms. The number of ether oxygens (including phenoxy) is 3. The largest absolute Gasteiger partial charge is 0.508 e. The van der Waals surface area contributed by atoms with Gasteiger partial charge < -0.3 is 19.3 Å². The summed E-state index contributed by atoms with van der Waals surface area (Å²) in [5, 5.41) is 9.12. The lowest BCUT2D eigenvalue weighted by Gasteiger charge is -2.13. The van der Waals surface area contributed by atoms with Gasteiger partial charge in [0.2, 0.25) is 0 Å². The number of phenolic OH excluding ortho intramolecular Hbond substituents is 1. The van der Waals surface area contributed by atoms with Crippen LogP contribution in [0.15, 0.2) is 36.9 Å². The van der Waals surface area contributed by atoms with Gasteiger partial charge in [-0.1, -0.05) is 6.58 Å². The van der Waals surface area contributed by atoms with Crippen LogP contribution in [0.25, 0.3) is 0 Å². The second-order valence-electron chi connectivity index (χ2n) is 4.93. The molecule has 0 fully saturated rings. The third kappa shape index (κ3) is 7.98. The summed E-state index contributed by atoms with van der Waals surface area (Å²) in [4.78, 5) is 34.1. The zero-order valence-electron chi connectivity index (χ0n) is 13.4. The van der Waals surface area contributed by atoms with E-state index in [0.717, 1.165) is 6.08 Å². The van der Waals surface area contributed by atoms with E-state index in [-0.39, 0.29) is 30.9 Å². The van der Waals surface area contributed by atoms with Gasteiger partial charge in [-0.3, -0.25) is 9.59 Å². The van der Waals surface area contributed by atoms with Crippen molar-refractivity contribution >= 4 is 17.9 Å². The summed E-state index contributed by atoms with van der Waals surface area (Å²) in [6, 6.07) is 5.66. The van der Waals surface area contributed by atoms with Crippen molar-refractivity contribution in [3.05, 3.63) is 36.9 Å². The molecule has 0 heterocycles. The molecule has 1 atom stereocenters. The summed E-state index contributed by atoms with van der Waals surface area (Å²) in [5.74, 6) is -1.31. The quantitative estimate of drug-likeness (QED) is 0.419. The summed E-state index contributed by atoms with van der Waals surface area (Å²) >= 11 is 0. The molecule has 0 amide bonds. The minimum absolute atomic E-state index is 0.0612. The summed E-state index contributed by atoms with van der Waals surface area (Å²) in [7, 11) is 0. The van der Waals surface area contributed by atoms with Crippen LogP contribution in [0.1, 0.15) is 26.2 Å². The van der Waals surface area contributed by atoms with Crippen LogP contribution in [0.5, 0.6) is 11.5 Å². The smallest absolute Gasteiger partial charge is 0.330 e. The van der Waals surface area contributed by atoms with Crippen LogP contribution in [0.2, 0.25) is 0 Å². The number of phenols is 1. The van der Waals surface area contributed by atoms with Gasteiger partial charge in [-0.25, -0.2) is 4.79 Å². The van der Waals surface area contributed by atoms with E-state index in [1.54, 1.807) is 6.92 Å². The van der Waals surface area contributed by atoms with Crippen LogP contribution in [0.3, 0.4) is 0 Å². The van der Waals surface area contributed by atoms with Crippen LogP contribution in [-0.2, 0) is 23.9 Å². The number of hydrogen-bond donors (Lipinski definition) is 1. The summed E-state index contributed by atoms with van der Waals surface area (Å²) in [5.41, 5.74) is 0. The van der Waals surface area contributed by atoms with Gasteiger partial charge in [-0.15, -0.1) is 0 Å². The Bertz CT molecular complexity index is 577. The first-order valence-electron chi connectivity index (χ1n) is 7.39. The third-order valence-corrected chi connectivity index (χ3v) is 2.87. The van der Waals surface area contributed by atoms with E-state index in [4.69, 9.17) is 19.3 Å². The fourth-order valence-electron chi connectivity index (χ4n) is 1.63. The maximum absolute atomic E-state index is 11.6. The Labute approximate surface area is 139 Å². The first-order chi connectivity index (χ1) is 11.4. The van der Waals surface area contributed by atoms with Crippen LogP contribution < -0.4 is 4.74 Å². The number of esters is 3. The van der Waals surface area contributed by atoms with Crippen molar-refractivity contribution in [1.29, 1.82) is 0 Å². The minimum atomic E-state index is -0.579. The van der Waals surface area contributed by atoms with E-state index >= 15 is 0 Å². The highest BCUT2D eigenvalue weighted by molar-refractivity contribution is 5.81. The minimum Gasteiger partial charge on any atom is -0.508 e. The number of hydrogen-bond acceptors (Lipinski definition) is 7. The highest BCUT2D eigenvalue weighted by Gasteiger charge is 2.13. The number of rotatable bonds is 9. The molecule has 1 rings (SSSR count). The van der Waals surface area contributed by atoms with E-state index in [1.807, 2.05) is 0 Å². The molecule has 0 bridgehead atoms. The van der Waals surface area contributed by atoms with E-state index in [0.29, 0.717) is 6.42 Å². The van der Waals surface area contributed by atoms with Gasteiger partial charge in [-0.2, -0.15) is 0 Å². The van der Waals surface area contributed by atoms with Crippen molar-refractivity contribution in [1.82, 2.24) is 0 Å². The van der Waals surface area contributed by atoms with Crippen molar-refractivity contribution < 1.29 is 33.7 Å². The summed E-state index contributed by atoms with van der Waals surface area (Å²) in [6.45, 7) is 5.04. The Kier molecular flexibility index (Phi) is 8.04. The zero-order chi connectivity index (χ0) is 17.9. The van der Waals surface area contributed by atoms with Crippen molar-refractivity contribution in [3.63, 3.8) is 0 Å². The summed E-state index contributed by atoms with van der Waals surface area (Å²) in [6.07, 6.45) is 0.717. The first-order valence-corrected chi connectivity index (χ1v) is 7.39. The third-order valence-electron chi connectivity index (χ3n) is 2.87. The highest BCUT2D eigenvalue weighted by Crippen LogP contribution is 2.16. The Morgan fingerprint density at radius 3 is 2.42 bits per heavy atom. The second-order valence-corrected chi connectivity index (χ2v) is 4.93. The maximum Gasteiger partial charge on any atom is 0.330 e. The molecule has 0 aromatic heterocycles. The SMILES string of the molecule is C=CC(=O)OCCC(C)OC(=O)CCC(=O)Oc1ccc(O)cc1. The number of carbonyl (C=O) groups is 3. The first kappa shape index (κ1) is 19.2. The van der Waals surface area contributed by atoms with Crippen molar-refractivity contribution in [2.45, 2.75) is 32.3 Å². The molecule has 0 spiro atoms. The van der Waals surface area contributed by atoms with Crippen LogP contribution >= 0.6 is 0 Å². The molecule has 130 valence electrons. The Hall–Kier alpha value is -2.83. The Morgan fingerprint density at radius 1 is 1.17 bits per heavy atom. The normalized spacial score (nSPS) is 11.2. The van der Waals surface area contributed by atoms with Crippen LogP contribution in [0.4, 0.5) is 0 Å². The fraction of sp³-hybridized carbons (Fsp3) is 0.353. The number of carbonyl (C=O) groups excluding carboxylic acids is 3. The van der Waals surface area contributed by atoms with Crippen molar-refractivity contribution in [2.24, 2.45) is 0 Å². The highest BCUT2D eigenvalue weighted by atomic mass is 16.6. The average Bonchev–Trinajstić information content (AvgIpc) is 2.55. The number of benzene rings is 1. The zero-order valence-corrected chi connectivity index (χ0v) is 13.4. The van der Waals surface area contributed by atoms with Gasteiger partial charge in [0, 0.05) is 12.5 Å². The summed E-state index contributed by atoms with van der Waals surface area (Å²) < 4.78 is 14.9. The lowest BCUT2D eigenvalue weighted by molar-refractivity contribution is -0.152. The standard InChI is InChI=1S/C17H20O7/c1-3-15(19)22-11-10-12(2)23-16(20)8-9-17(21)24-14-6-4-13(18)5-7-14/h3-7,12,18H,1,8-11H2,2H3. The van der Waals surface area contributed by atoms with Crippen LogP contribution in [-0.4, -0.2) is 35.7 Å². The molecule has 0 aliphatic rings. The van der Waals surface area contributed by atoms with Gasteiger partial charge in [-0.05, 0) is 31.2 Å². The van der Waals surface area contributed by atoms with Gasteiger partial charge in [0.1, 0.15) is 17.6 Å². The molecule has 0 saturated carbocycles. The van der Waals surface area contributed by atoms with Gasteiger partial charge in [0.25, 0.3) is 0 Å². The van der Waals surface area contributed by atoms with E-state index in [1.165, 1.54) is 24.3 Å². The predicted molar refractivity (Wildman–Crippen MR) is 84.3 cm³/mol. The predicted octanol–water partition coefficient (Wildman–Crippen LogP) is 2.13. The lowest BCUT2D eigenvalue weighted by Crippen LogP contribution is -2.19. The molecule has 0 aliphatic carbocycles. The average molecular weight is 336 g/mol. The molecule has 1 aromatic carbocycles. The molecule has 7 heteroatoms. The molecule has 1 N–H and O–H groups in total. The van der Waals surface area contributed by atoms with Gasteiger partial charge in [0.05, 0.1) is 19.4 Å². The molecule has 7 nitrogen and oxygen atoms in total. The second kappa shape index (κ2) is 10.0. The molecular formula is C17H20O7. The molecule has 0 aliphatic heterocycles. The monoisotopic (exact) mass is 336 g/mol. The van der Waals surface area contributed by atoms with Crippen LogP contribution in [0, 0.1) is 0 Å². The topological polar surface area (TPSA) is 99.1 Å². The fourth-order valence-corrected chi connectivity index (χ4v) is 1.63. The maximum atomic E-state index is 11.6. The number of aromatic hydroxyl groups is 1. The molecule has 1 unspecified atom stereocenters. The lowest BCUT2D eigenvalue weighted by atomic mass is 10.3. The molecule has 0 saturated heterocycles. The van der Waals surface area contributed by atoms with E-state index < -0.39 is 24.0 Å². The van der Waals surface area contributed by atoms with Gasteiger partial charge >= 0.3 is 17.9 Å².